The fraction of sp³-hybridized carbons (Fsp3) is 0.400. The number of ketones is 1. The van der Waals surface area contributed by atoms with Crippen LogP contribution in [0.3, 0.4) is 0 Å². The summed E-state index contributed by atoms with van der Waals surface area (Å²) in [4.78, 5) is 11.2. The van der Waals surface area contributed by atoms with Crippen molar-refractivity contribution in [1.29, 1.82) is 0 Å². The van der Waals surface area contributed by atoms with Gasteiger partial charge in [0.1, 0.15) is 17.3 Å². The number of aromatic nitrogens is 1. The molecule has 1 aromatic heterocycles. The monoisotopic (exact) mass is 261 g/mol. The zero-order chi connectivity index (χ0) is 14.0. The molecular weight excluding hydrogens is 242 g/mol. The van der Waals surface area contributed by atoms with Gasteiger partial charge in [-0.2, -0.15) is 0 Å². The molecule has 1 aromatic carbocycles. The van der Waals surface area contributed by atoms with Crippen LogP contribution in [0.2, 0.25) is 0 Å². The number of benzene rings is 1. The van der Waals surface area contributed by atoms with E-state index in [0.717, 1.165) is 34.4 Å². The number of rotatable bonds is 5. The Labute approximate surface area is 112 Å². The first-order valence-corrected chi connectivity index (χ1v) is 6.26. The molecular formula is C15H19NO3. The summed E-state index contributed by atoms with van der Waals surface area (Å²) in [6.45, 7) is 1.61. The van der Waals surface area contributed by atoms with Crippen LogP contribution >= 0.6 is 0 Å². The second-order valence-electron chi connectivity index (χ2n) is 4.66. The van der Waals surface area contributed by atoms with Crippen LogP contribution in [0, 0.1) is 0 Å². The van der Waals surface area contributed by atoms with Crippen LogP contribution in [0.5, 0.6) is 11.5 Å². The van der Waals surface area contributed by atoms with Crippen LogP contribution in [0.25, 0.3) is 10.9 Å². The number of carbonyl (C=O) groups excluding carboxylic acids is 1. The van der Waals surface area contributed by atoms with E-state index in [-0.39, 0.29) is 5.78 Å². The van der Waals surface area contributed by atoms with Crippen LogP contribution < -0.4 is 9.47 Å². The third-order valence-corrected chi connectivity index (χ3v) is 3.31. The molecule has 0 saturated carbocycles. The number of hydrogen-bond acceptors (Lipinski definition) is 3. The van der Waals surface area contributed by atoms with Crippen molar-refractivity contribution in [3.63, 3.8) is 0 Å². The van der Waals surface area contributed by atoms with Gasteiger partial charge in [0.25, 0.3) is 0 Å². The lowest BCUT2D eigenvalue weighted by Gasteiger charge is -2.09. The van der Waals surface area contributed by atoms with Crippen molar-refractivity contribution in [2.75, 3.05) is 14.2 Å². The molecule has 0 radical (unpaired) electrons. The molecule has 0 fully saturated rings. The van der Waals surface area contributed by atoms with Gasteiger partial charge in [-0.25, -0.2) is 0 Å². The van der Waals surface area contributed by atoms with Gasteiger partial charge in [-0.1, -0.05) is 0 Å². The largest absolute Gasteiger partial charge is 0.496 e. The first kappa shape index (κ1) is 13.5. The zero-order valence-electron chi connectivity index (χ0n) is 11.8. The molecule has 4 nitrogen and oxygen atoms in total. The van der Waals surface area contributed by atoms with Crippen LogP contribution in [-0.2, 0) is 18.3 Å². The number of carbonyl (C=O) groups is 1. The van der Waals surface area contributed by atoms with Gasteiger partial charge in [-0.05, 0) is 31.0 Å². The molecule has 0 aliphatic heterocycles. The summed E-state index contributed by atoms with van der Waals surface area (Å²) in [5.74, 6) is 1.82. The van der Waals surface area contributed by atoms with Crippen molar-refractivity contribution in [1.82, 2.24) is 4.57 Å². The Kier molecular flexibility index (Phi) is 3.79. The molecule has 0 saturated heterocycles. The number of aryl methyl sites for hydroxylation is 2. The van der Waals surface area contributed by atoms with E-state index >= 15 is 0 Å². The smallest absolute Gasteiger partial charge is 0.143 e. The highest BCUT2D eigenvalue weighted by molar-refractivity contribution is 5.94. The van der Waals surface area contributed by atoms with E-state index in [1.165, 1.54) is 0 Å². The van der Waals surface area contributed by atoms with Gasteiger partial charge in [0.15, 0.2) is 0 Å². The Hall–Kier alpha value is -1.97. The fourth-order valence-electron chi connectivity index (χ4n) is 2.41. The maximum atomic E-state index is 11.2. The van der Waals surface area contributed by atoms with E-state index in [1.807, 2.05) is 29.9 Å². The molecule has 0 unspecified atom stereocenters. The normalized spacial score (nSPS) is 10.7. The third kappa shape index (κ3) is 2.43. The summed E-state index contributed by atoms with van der Waals surface area (Å²) in [7, 11) is 5.29. The quantitative estimate of drug-likeness (QED) is 0.831. The summed E-state index contributed by atoms with van der Waals surface area (Å²) < 4.78 is 12.9. The highest BCUT2D eigenvalue weighted by atomic mass is 16.5. The molecule has 102 valence electrons. The highest BCUT2D eigenvalue weighted by Gasteiger charge is 2.16. The minimum absolute atomic E-state index is 0.193. The molecule has 0 aliphatic rings. The molecule has 0 aliphatic carbocycles. The molecule has 19 heavy (non-hydrogen) atoms. The lowest BCUT2D eigenvalue weighted by atomic mass is 10.1. The van der Waals surface area contributed by atoms with Crippen LogP contribution in [0.4, 0.5) is 0 Å². The van der Waals surface area contributed by atoms with E-state index in [4.69, 9.17) is 9.47 Å². The molecule has 2 rings (SSSR count). The van der Waals surface area contributed by atoms with Crippen LogP contribution in [0.1, 0.15) is 18.9 Å². The van der Waals surface area contributed by atoms with E-state index in [1.54, 1.807) is 21.1 Å². The van der Waals surface area contributed by atoms with E-state index in [0.29, 0.717) is 6.42 Å². The minimum Gasteiger partial charge on any atom is -0.496 e. The second-order valence-corrected chi connectivity index (χ2v) is 4.66. The Balaban J connectivity index is 2.61. The molecule has 4 heteroatoms. The van der Waals surface area contributed by atoms with Gasteiger partial charge in [-0.15, -0.1) is 0 Å². The lowest BCUT2D eigenvalue weighted by molar-refractivity contribution is -0.116. The average Bonchev–Trinajstić information content (AvgIpc) is 2.73. The van der Waals surface area contributed by atoms with E-state index in [2.05, 4.69) is 0 Å². The fourth-order valence-corrected chi connectivity index (χ4v) is 2.41. The number of ether oxygens (including phenoxy) is 2. The Morgan fingerprint density at radius 1 is 1.21 bits per heavy atom. The first-order valence-electron chi connectivity index (χ1n) is 6.26. The van der Waals surface area contributed by atoms with Crippen molar-refractivity contribution in [2.24, 2.45) is 7.05 Å². The highest BCUT2D eigenvalue weighted by Crippen LogP contribution is 2.36. The van der Waals surface area contributed by atoms with E-state index in [9.17, 15) is 4.79 Å². The minimum atomic E-state index is 0.193. The molecule has 0 atom stereocenters. The average molecular weight is 261 g/mol. The third-order valence-electron chi connectivity index (χ3n) is 3.31. The molecule has 0 bridgehead atoms. The second kappa shape index (κ2) is 5.34. The topological polar surface area (TPSA) is 40.5 Å². The summed E-state index contributed by atoms with van der Waals surface area (Å²) >= 11 is 0. The number of hydrogen-bond donors (Lipinski definition) is 0. The van der Waals surface area contributed by atoms with Gasteiger partial charge >= 0.3 is 0 Å². The maximum Gasteiger partial charge on any atom is 0.143 e. The lowest BCUT2D eigenvalue weighted by Crippen LogP contribution is -1.94. The number of fused-ring (bicyclic) bond motifs is 1. The van der Waals surface area contributed by atoms with Crippen molar-refractivity contribution >= 4 is 16.7 Å². The van der Waals surface area contributed by atoms with Crippen molar-refractivity contribution in [2.45, 2.75) is 19.8 Å². The molecule has 0 spiro atoms. The molecule has 0 amide bonds. The van der Waals surface area contributed by atoms with Gasteiger partial charge in [0.2, 0.25) is 0 Å². The van der Waals surface area contributed by atoms with Crippen molar-refractivity contribution in [3.05, 3.63) is 23.9 Å². The molecule has 2 aromatic rings. The SMILES string of the molecule is COc1ccc(OC)c2c1c(CCC(C)=O)cn2C. The number of methoxy groups -OCH3 is 2. The predicted octanol–water partition coefficient (Wildman–Crippen LogP) is 2.72. The Morgan fingerprint density at radius 3 is 2.42 bits per heavy atom. The van der Waals surface area contributed by atoms with Crippen LogP contribution in [-0.4, -0.2) is 24.6 Å². The van der Waals surface area contributed by atoms with Gasteiger partial charge < -0.3 is 18.8 Å². The number of Topliss-reactive ketones (excluding diaryl/α,β-unsaturated/α-hetero) is 1. The van der Waals surface area contributed by atoms with E-state index < -0.39 is 0 Å². The van der Waals surface area contributed by atoms with Crippen LogP contribution in [0.15, 0.2) is 18.3 Å². The summed E-state index contributed by atoms with van der Waals surface area (Å²) in [5.41, 5.74) is 2.11. The zero-order valence-corrected chi connectivity index (χ0v) is 11.8. The van der Waals surface area contributed by atoms with Gasteiger partial charge in [0.05, 0.1) is 19.7 Å². The summed E-state index contributed by atoms with van der Waals surface area (Å²) in [6, 6.07) is 3.80. The van der Waals surface area contributed by atoms with Crippen molar-refractivity contribution < 1.29 is 14.3 Å². The van der Waals surface area contributed by atoms with Crippen molar-refractivity contribution in [3.8, 4) is 11.5 Å². The van der Waals surface area contributed by atoms with Gasteiger partial charge in [-0.3, -0.25) is 0 Å². The molecule has 0 N–H and O–H groups in total. The Morgan fingerprint density at radius 2 is 1.84 bits per heavy atom. The summed E-state index contributed by atoms with van der Waals surface area (Å²) in [5, 5.41) is 1.03. The maximum absolute atomic E-state index is 11.2. The standard InChI is InChI=1S/C15H19NO3/c1-10(17)5-6-11-9-16(2)15-13(19-4)8-7-12(18-3)14(11)15/h7-9H,5-6H2,1-4H3. The predicted molar refractivity (Wildman–Crippen MR) is 75.0 cm³/mol. The molecule has 1 heterocycles. The first-order chi connectivity index (χ1) is 9.08. The van der Waals surface area contributed by atoms with Gasteiger partial charge in [0, 0.05) is 25.1 Å². The summed E-state index contributed by atoms with van der Waals surface area (Å²) in [6.07, 6.45) is 3.30. The number of nitrogens with zero attached hydrogens (tertiary/aromatic N) is 1. The Bertz CT molecular complexity index is 613.